The lowest BCUT2D eigenvalue weighted by Gasteiger charge is -1.99. The molecule has 0 aliphatic heterocycles. The highest BCUT2D eigenvalue weighted by Crippen LogP contribution is 2.31. The van der Waals surface area contributed by atoms with Gasteiger partial charge in [0.1, 0.15) is 5.75 Å². The number of aromatic hydroxyl groups is 1. The Morgan fingerprint density at radius 1 is 1.14 bits per heavy atom. The molecular weight excluding hydrogens is 401 g/mol. The fourth-order valence-electron chi connectivity index (χ4n) is 1.91. The number of halogens is 1. The Morgan fingerprint density at radius 2 is 1.86 bits per heavy atom. The summed E-state index contributed by atoms with van der Waals surface area (Å²) < 4.78 is 6.20. The van der Waals surface area contributed by atoms with Crippen LogP contribution in [0.4, 0.5) is 5.69 Å². The second-order valence-corrected chi connectivity index (χ2v) is 5.63. The molecule has 22 heavy (non-hydrogen) atoms. The van der Waals surface area contributed by atoms with Crippen LogP contribution in [0.3, 0.4) is 0 Å². The molecule has 0 saturated heterocycles. The molecule has 1 aromatic heterocycles. The highest BCUT2D eigenvalue weighted by molar-refractivity contribution is 14.1. The quantitative estimate of drug-likeness (QED) is 0.403. The number of rotatable bonds is 3. The molecule has 1 heterocycles. The molecule has 0 aliphatic rings. The molecule has 2 aromatic carbocycles. The number of phenolic OH excluding ortho intramolecular Hbond substituents is 1. The van der Waals surface area contributed by atoms with Gasteiger partial charge in [0.25, 0.3) is 11.6 Å². The van der Waals surface area contributed by atoms with Gasteiger partial charge in [-0.1, -0.05) is 12.1 Å². The molecule has 1 N–H and O–H groups in total. The van der Waals surface area contributed by atoms with Gasteiger partial charge in [0, 0.05) is 21.3 Å². The van der Waals surface area contributed by atoms with Crippen LogP contribution in [-0.2, 0) is 0 Å². The molecule has 0 aliphatic carbocycles. The molecule has 0 spiro atoms. The first-order valence-electron chi connectivity index (χ1n) is 6.12. The molecule has 0 radical (unpaired) electrons. The minimum atomic E-state index is -0.480. The predicted octanol–water partition coefficient (Wildman–Crippen LogP) is 3.62. The molecule has 7 nitrogen and oxygen atoms in total. The van der Waals surface area contributed by atoms with Gasteiger partial charge in [-0.05, 0) is 40.8 Å². The lowest BCUT2D eigenvalue weighted by molar-refractivity contribution is -0.384. The number of hydrogen-bond acceptors (Lipinski definition) is 6. The number of nitrogens with zero attached hydrogens (tertiary/aromatic N) is 3. The van der Waals surface area contributed by atoms with E-state index in [-0.39, 0.29) is 23.2 Å². The third-order valence-corrected chi connectivity index (χ3v) is 3.52. The van der Waals surface area contributed by atoms with Crippen molar-refractivity contribution < 1.29 is 14.4 Å². The van der Waals surface area contributed by atoms with E-state index >= 15 is 0 Å². The summed E-state index contributed by atoms with van der Waals surface area (Å²) in [4.78, 5) is 10.4. The topological polar surface area (TPSA) is 102 Å². The van der Waals surface area contributed by atoms with Crippen LogP contribution in [0.25, 0.3) is 22.9 Å². The number of aromatic nitrogens is 2. The lowest BCUT2D eigenvalue weighted by atomic mass is 10.2. The summed E-state index contributed by atoms with van der Waals surface area (Å²) in [6.45, 7) is 0. The Labute approximate surface area is 137 Å². The Morgan fingerprint density at radius 3 is 2.59 bits per heavy atom. The zero-order valence-corrected chi connectivity index (χ0v) is 13.1. The Bertz CT molecular complexity index is 863. The Kier molecular flexibility index (Phi) is 3.75. The number of phenols is 1. The van der Waals surface area contributed by atoms with Gasteiger partial charge in [-0.2, -0.15) is 0 Å². The van der Waals surface area contributed by atoms with Crippen molar-refractivity contribution in [1.82, 2.24) is 10.2 Å². The summed E-state index contributed by atoms with van der Waals surface area (Å²) in [6, 6.07) is 11.1. The second kappa shape index (κ2) is 5.72. The molecule has 0 saturated carbocycles. The Hall–Kier alpha value is -2.49. The van der Waals surface area contributed by atoms with E-state index in [2.05, 4.69) is 10.2 Å². The molecule has 0 fully saturated rings. The van der Waals surface area contributed by atoms with Crippen molar-refractivity contribution in [3.05, 3.63) is 56.1 Å². The molecule has 3 rings (SSSR count). The van der Waals surface area contributed by atoms with Crippen molar-refractivity contribution in [3.63, 3.8) is 0 Å². The van der Waals surface area contributed by atoms with Gasteiger partial charge < -0.3 is 9.52 Å². The number of benzene rings is 2. The summed E-state index contributed by atoms with van der Waals surface area (Å²) in [5, 5.41) is 28.5. The highest BCUT2D eigenvalue weighted by Gasteiger charge is 2.16. The zero-order valence-electron chi connectivity index (χ0n) is 10.9. The number of non-ortho nitro benzene ring substituents is 1. The summed E-state index contributed by atoms with van der Waals surface area (Å²) >= 11 is 1.98. The lowest BCUT2D eigenvalue weighted by Crippen LogP contribution is -1.90. The maximum absolute atomic E-state index is 10.9. The predicted molar refractivity (Wildman–Crippen MR) is 86.2 cm³/mol. The van der Waals surface area contributed by atoms with Crippen molar-refractivity contribution in [3.8, 4) is 28.7 Å². The van der Waals surface area contributed by atoms with E-state index in [4.69, 9.17) is 4.42 Å². The number of para-hydroxylation sites is 1. The third kappa shape index (κ3) is 2.77. The first kappa shape index (κ1) is 14.4. The summed E-state index contributed by atoms with van der Waals surface area (Å²) in [7, 11) is 0. The van der Waals surface area contributed by atoms with Crippen molar-refractivity contribution in [2.75, 3.05) is 0 Å². The normalized spacial score (nSPS) is 10.6. The number of hydrogen-bond donors (Lipinski definition) is 1. The monoisotopic (exact) mass is 409 g/mol. The van der Waals surface area contributed by atoms with Gasteiger partial charge in [0.05, 0.1) is 10.5 Å². The van der Waals surface area contributed by atoms with Gasteiger partial charge >= 0.3 is 0 Å². The van der Waals surface area contributed by atoms with Gasteiger partial charge in [0.2, 0.25) is 5.89 Å². The van der Waals surface area contributed by atoms with Crippen LogP contribution >= 0.6 is 22.6 Å². The van der Waals surface area contributed by atoms with Gasteiger partial charge in [-0.25, -0.2) is 0 Å². The van der Waals surface area contributed by atoms with Crippen LogP contribution in [0.5, 0.6) is 5.75 Å². The van der Waals surface area contributed by atoms with Crippen LogP contribution in [0.2, 0.25) is 0 Å². The molecule has 3 aromatic rings. The van der Waals surface area contributed by atoms with Crippen molar-refractivity contribution in [2.45, 2.75) is 0 Å². The molecule has 0 atom stereocenters. The van der Waals surface area contributed by atoms with Crippen LogP contribution < -0.4 is 0 Å². The molecule has 8 heteroatoms. The summed E-state index contributed by atoms with van der Waals surface area (Å²) in [5.41, 5.74) is 0.804. The van der Waals surface area contributed by atoms with Gasteiger partial charge in [0.15, 0.2) is 0 Å². The van der Waals surface area contributed by atoms with Crippen LogP contribution in [-0.4, -0.2) is 20.2 Å². The SMILES string of the molecule is O=[N+]([O-])c1cc(I)cc(-c2nnc(-c3ccccc3O)o2)c1. The molecule has 0 unspecified atom stereocenters. The van der Waals surface area contributed by atoms with E-state index in [1.165, 1.54) is 18.2 Å². The molecule has 0 bridgehead atoms. The first-order chi connectivity index (χ1) is 10.5. The van der Waals surface area contributed by atoms with E-state index in [1.54, 1.807) is 24.3 Å². The van der Waals surface area contributed by atoms with Gasteiger partial charge in [-0.15, -0.1) is 10.2 Å². The van der Waals surface area contributed by atoms with Crippen LogP contribution in [0, 0.1) is 13.7 Å². The smallest absolute Gasteiger partial charge is 0.271 e. The molecular formula is C14H8IN3O4. The van der Waals surface area contributed by atoms with E-state index < -0.39 is 4.92 Å². The first-order valence-corrected chi connectivity index (χ1v) is 7.19. The van der Waals surface area contributed by atoms with Crippen molar-refractivity contribution in [1.29, 1.82) is 0 Å². The number of nitro groups is 1. The molecule has 110 valence electrons. The second-order valence-electron chi connectivity index (χ2n) is 4.38. The minimum absolute atomic E-state index is 0.0197. The van der Waals surface area contributed by atoms with E-state index in [9.17, 15) is 15.2 Å². The summed E-state index contributed by atoms with van der Waals surface area (Å²) in [5.74, 6) is 0.320. The molecule has 0 amide bonds. The largest absolute Gasteiger partial charge is 0.507 e. The zero-order chi connectivity index (χ0) is 15.7. The maximum Gasteiger partial charge on any atom is 0.271 e. The number of nitro benzene ring substituents is 1. The van der Waals surface area contributed by atoms with E-state index in [0.717, 1.165) is 0 Å². The highest BCUT2D eigenvalue weighted by atomic mass is 127. The van der Waals surface area contributed by atoms with Crippen LogP contribution in [0.1, 0.15) is 0 Å². The van der Waals surface area contributed by atoms with E-state index in [0.29, 0.717) is 14.7 Å². The van der Waals surface area contributed by atoms with Crippen LogP contribution in [0.15, 0.2) is 46.9 Å². The van der Waals surface area contributed by atoms with Gasteiger partial charge in [-0.3, -0.25) is 10.1 Å². The maximum atomic E-state index is 10.9. The fourth-order valence-corrected chi connectivity index (χ4v) is 2.56. The van der Waals surface area contributed by atoms with Crippen molar-refractivity contribution in [2.24, 2.45) is 0 Å². The fraction of sp³-hybridized carbons (Fsp3) is 0. The average molecular weight is 409 g/mol. The minimum Gasteiger partial charge on any atom is -0.507 e. The summed E-state index contributed by atoms with van der Waals surface area (Å²) in [6.07, 6.45) is 0. The Balaban J connectivity index is 2.05. The third-order valence-electron chi connectivity index (χ3n) is 2.90. The standard InChI is InChI=1S/C14H8IN3O4/c15-9-5-8(6-10(7-9)18(20)21)13-16-17-14(22-13)11-3-1-2-4-12(11)19/h1-7,19H. The van der Waals surface area contributed by atoms with E-state index in [1.807, 2.05) is 22.6 Å². The van der Waals surface area contributed by atoms with Crippen molar-refractivity contribution >= 4 is 28.3 Å². The average Bonchev–Trinajstić information content (AvgIpc) is 2.96.